The fourth-order valence-electron chi connectivity index (χ4n) is 5.61. The average molecular weight is 588 g/mol. The summed E-state index contributed by atoms with van der Waals surface area (Å²) in [6.07, 6.45) is 1.39. The van der Waals surface area contributed by atoms with Gasteiger partial charge in [-0.15, -0.1) is 0 Å². The summed E-state index contributed by atoms with van der Waals surface area (Å²) in [6, 6.07) is 5.69. The van der Waals surface area contributed by atoms with Crippen molar-refractivity contribution in [2.75, 3.05) is 49.7 Å². The molecule has 2 bridgehead atoms. The van der Waals surface area contributed by atoms with Crippen LogP contribution < -0.4 is 28.4 Å². The van der Waals surface area contributed by atoms with Gasteiger partial charge in [0.15, 0.2) is 23.0 Å². The first-order valence-corrected chi connectivity index (χ1v) is 13.3. The molecule has 12 nitrogen and oxygen atoms in total. The number of methoxy groups -OCH3 is 6. The van der Waals surface area contributed by atoms with E-state index in [2.05, 4.69) is 0 Å². The Balaban J connectivity index is 1.44. The van der Waals surface area contributed by atoms with Gasteiger partial charge in [-0.05, 0) is 43.0 Å². The summed E-state index contributed by atoms with van der Waals surface area (Å²) in [5.74, 6) is 1.11. The molecule has 0 unspecified atom stereocenters. The highest BCUT2D eigenvalue weighted by atomic mass is 16.6. The topological polar surface area (TPSA) is 131 Å². The summed E-state index contributed by atoms with van der Waals surface area (Å²) >= 11 is 0. The van der Waals surface area contributed by atoms with Crippen molar-refractivity contribution in [2.24, 2.45) is 0 Å². The van der Waals surface area contributed by atoms with Crippen LogP contribution >= 0.6 is 0 Å². The molecular formula is C30H37NO11. The first kappa shape index (κ1) is 30.8. The number of carbonyl (C=O) groups is 2. The van der Waals surface area contributed by atoms with Crippen LogP contribution in [0.15, 0.2) is 30.3 Å². The van der Waals surface area contributed by atoms with Crippen LogP contribution in [0.1, 0.15) is 28.8 Å². The zero-order valence-electron chi connectivity index (χ0n) is 24.7. The Hall–Kier alpha value is -4.16. The van der Waals surface area contributed by atoms with Gasteiger partial charge in [-0.3, -0.25) is 4.90 Å². The van der Waals surface area contributed by atoms with E-state index in [1.165, 1.54) is 60.9 Å². The lowest BCUT2D eigenvalue weighted by molar-refractivity contribution is -0.146. The minimum absolute atomic E-state index is 0.181. The summed E-state index contributed by atoms with van der Waals surface area (Å²) < 4.78 is 43.6. The maximum absolute atomic E-state index is 13.2. The van der Waals surface area contributed by atoms with Gasteiger partial charge in [0.2, 0.25) is 11.5 Å². The van der Waals surface area contributed by atoms with Crippen LogP contribution in [-0.4, -0.2) is 102 Å². The Morgan fingerprint density at radius 2 is 1.26 bits per heavy atom. The van der Waals surface area contributed by atoms with E-state index in [1.807, 2.05) is 11.9 Å². The third kappa shape index (κ3) is 6.04. The lowest BCUT2D eigenvalue weighted by atomic mass is 10.00. The van der Waals surface area contributed by atoms with Gasteiger partial charge in [-0.25, -0.2) is 9.59 Å². The Kier molecular flexibility index (Phi) is 9.69. The number of aliphatic hydroxyl groups is 1. The van der Waals surface area contributed by atoms with Crippen molar-refractivity contribution in [3.63, 3.8) is 0 Å². The Bertz CT molecular complexity index is 1280. The molecule has 0 radical (unpaired) electrons. The van der Waals surface area contributed by atoms with Crippen molar-refractivity contribution >= 4 is 18.0 Å². The minimum Gasteiger partial charge on any atom is -0.493 e. The Morgan fingerprint density at radius 3 is 1.76 bits per heavy atom. The third-order valence-electron chi connectivity index (χ3n) is 7.69. The zero-order chi connectivity index (χ0) is 30.6. The van der Waals surface area contributed by atoms with E-state index < -0.39 is 30.3 Å². The number of ether oxygens (including phenoxy) is 8. The molecule has 2 heterocycles. The third-order valence-corrected chi connectivity index (χ3v) is 7.69. The van der Waals surface area contributed by atoms with E-state index in [0.717, 1.165) is 0 Å². The van der Waals surface area contributed by atoms with Gasteiger partial charge in [-0.1, -0.05) is 0 Å². The number of piperidine rings is 1. The molecule has 12 heteroatoms. The van der Waals surface area contributed by atoms with Gasteiger partial charge < -0.3 is 43.0 Å². The van der Waals surface area contributed by atoms with E-state index in [-0.39, 0.29) is 17.6 Å². The van der Waals surface area contributed by atoms with Crippen LogP contribution in [0.5, 0.6) is 34.5 Å². The molecule has 2 aliphatic rings. The van der Waals surface area contributed by atoms with E-state index in [0.29, 0.717) is 52.9 Å². The monoisotopic (exact) mass is 587 g/mol. The van der Waals surface area contributed by atoms with Gasteiger partial charge in [0.1, 0.15) is 18.3 Å². The van der Waals surface area contributed by atoms with Gasteiger partial charge in [0.05, 0.1) is 54.3 Å². The number of nitrogens with zero attached hydrogens (tertiary/aromatic N) is 1. The van der Waals surface area contributed by atoms with Crippen molar-refractivity contribution in [3.05, 3.63) is 41.5 Å². The number of fused-ring (bicyclic) bond motifs is 2. The van der Waals surface area contributed by atoms with E-state index in [9.17, 15) is 14.7 Å². The summed E-state index contributed by atoms with van der Waals surface area (Å²) in [5, 5.41) is 11.1. The number of aliphatic hydroxyl groups excluding tert-OH is 1. The number of benzene rings is 2. The SMILES string of the molecule is COc1cc(/C=C/C(=O)O[C@H]2C[C@@H]3[C@@H](OC(=O)c4cc(OC)c(OC)c(OC)c4)[C@H](O)[C@H](C2)N3C)cc(OC)c1OC. The number of rotatable bonds is 11. The van der Waals surface area contributed by atoms with E-state index >= 15 is 0 Å². The first-order valence-electron chi connectivity index (χ1n) is 13.3. The summed E-state index contributed by atoms with van der Waals surface area (Å²) in [7, 11) is 10.8. The van der Waals surface area contributed by atoms with E-state index in [1.54, 1.807) is 18.2 Å². The molecule has 0 aliphatic carbocycles. The predicted octanol–water partition coefficient (Wildman–Crippen LogP) is 2.73. The lowest BCUT2D eigenvalue weighted by Gasteiger charge is -2.35. The Morgan fingerprint density at radius 1 is 0.762 bits per heavy atom. The second-order valence-corrected chi connectivity index (χ2v) is 9.90. The van der Waals surface area contributed by atoms with E-state index in [4.69, 9.17) is 37.9 Å². The molecule has 2 fully saturated rings. The van der Waals surface area contributed by atoms with Crippen LogP contribution in [-0.2, 0) is 14.3 Å². The van der Waals surface area contributed by atoms with Gasteiger partial charge >= 0.3 is 11.9 Å². The van der Waals surface area contributed by atoms with Crippen LogP contribution in [0.4, 0.5) is 0 Å². The maximum Gasteiger partial charge on any atom is 0.338 e. The van der Waals surface area contributed by atoms with Crippen LogP contribution in [0, 0.1) is 0 Å². The first-order chi connectivity index (χ1) is 20.2. The average Bonchev–Trinajstić information content (AvgIpc) is 3.12. The zero-order valence-corrected chi connectivity index (χ0v) is 24.7. The number of hydrogen-bond acceptors (Lipinski definition) is 12. The van der Waals surface area contributed by atoms with Gasteiger partial charge in [0.25, 0.3) is 0 Å². The Labute approximate surface area is 244 Å². The fraction of sp³-hybridized carbons (Fsp3) is 0.467. The molecule has 42 heavy (non-hydrogen) atoms. The van der Waals surface area contributed by atoms with Crippen molar-refractivity contribution < 1.29 is 52.6 Å². The molecular weight excluding hydrogens is 550 g/mol. The predicted molar refractivity (Wildman–Crippen MR) is 151 cm³/mol. The minimum atomic E-state index is -0.968. The molecule has 5 atom stereocenters. The summed E-state index contributed by atoms with van der Waals surface area (Å²) in [4.78, 5) is 27.9. The maximum atomic E-state index is 13.2. The highest BCUT2D eigenvalue weighted by Gasteiger charge is 2.54. The fourth-order valence-corrected chi connectivity index (χ4v) is 5.61. The molecule has 2 saturated heterocycles. The lowest BCUT2D eigenvalue weighted by Crippen LogP contribution is -2.46. The molecule has 2 aliphatic heterocycles. The van der Waals surface area contributed by atoms with Gasteiger partial charge in [-0.2, -0.15) is 0 Å². The molecule has 228 valence electrons. The number of carbonyl (C=O) groups excluding carboxylic acids is 2. The van der Waals surface area contributed by atoms with Crippen LogP contribution in [0.2, 0.25) is 0 Å². The molecule has 4 rings (SSSR count). The molecule has 0 spiro atoms. The van der Waals surface area contributed by atoms with Crippen molar-refractivity contribution in [2.45, 2.75) is 43.2 Å². The molecule has 0 amide bonds. The molecule has 2 aromatic rings. The van der Waals surface area contributed by atoms with Crippen molar-refractivity contribution in [1.82, 2.24) is 4.90 Å². The van der Waals surface area contributed by atoms with Crippen LogP contribution in [0.3, 0.4) is 0 Å². The number of hydrogen-bond donors (Lipinski definition) is 1. The second kappa shape index (κ2) is 13.2. The highest BCUT2D eigenvalue weighted by Crippen LogP contribution is 2.41. The highest BCUT2D eigenvalue weighted by molar-refractivity contribution is 5.91. The largest absolute Gasteiger partial charge is 0.493 e. The molecule has 2 aromatic carbocycles. The molecule has 1 N–H and O–H groups in total. The number of esters is 2. The summed E-state index contributed by atoms with van der Waals surface area (Å²) in [6.45, 7) is 0. The number of likely N-dealkylation sites (N-methyl/N-ethyl adjacent to an activating group) is 1. The second-order valence-electron chi connectivity index (χ2n) is 9.90. The quantitative estimate of drug-likeness (QED) is 0.306. The van der Waals surface area contributed by atoms with Gasteiger partial charge in [0, 0.05) is 25.0 Å². The standard InChI is InChI=1S/C30H37NO11/c1-31-19-14-18(41-25(32)9-8-16-10-21(35-2)28(39-6)22(11-16)36-3)15-20(31)27(26(19)33)42-30(34)17-12-23(37-4)29(40-7)24(13-17)38-5/h8-13,18-20,26-27,33H,14-15H2,1-7H3/b9-8+/t18-,19+,20-,26-,27-/m1/s1. The molecule has 0 saturated carbocycles. The normalized spacial score (nSPS) is 23.3. The summed E-state index contributed by atoms with van der Waals surface area (Å²) in [5.41, 5.74) is 0.833. The van der Waals surface area contributed by atoms with Crippen molar-refractivity contribution in [1.29, 1.82) is 0 Å². The smallest absolute Gasteiger partial charge is 0.338 e. The van der Waals surface area contributed by atoms with Crippen molar-refractivity contribution in [3.8, 4) is 34.5 Å². The molecule has 0 aromatic heterocycles. The van der Waals surface area contributed by atoms with Crippen LogP contribution in [0.25, 0.3) is 6.08 Å².